The summed E-state index contributed by atoms with van der Waals surface area (Å²) in [5.41, 5.74) is 10.1. The third kappa shape index (κ3) is 1.86. The minimum atomic E-state index is -0.0636. The first-order valence-corrected chi connectivity index (χ1v) is 6.84. The van der Waals surface area contributed by atoms with Crippen molar-refractivity contribution in [2.45, 2.75) is 6.42 Å². The second-order valence-electron chi connectivity index (χ2n) is 5.33. The fourth-order valence-corrected chi connectivity index (χ4v) is 2.92. The molecule has 0 bridgehead atoms. The zero-order valence-corrected chi connectivity index (χ0v) is 11.3. The first-order chi connectivity index (χ1) is 10.2. The van der Waals surface area contributed by atoms with Crippen LogP contribution in [0, 0.1) is 5.92 Å². The third-order valence-corrected chi connectivity index (χ3v) is 4.00. The minimum Gasteiger partial charge on any atom is -0.397 e. The van der Waals surface area contributed by atoms with E-state index in [1.807, 2.05) is 36.4 Å². The molecule has 5 heteroatoms. The van der Waals surface area contributed by atoms with Gasteiger partial charge in [0.1, 0.15) is 0 Å². The first kappa shape index (κ1) is 12.0. The zero-order chi connectivity index (χ0) is 14.4. The number of hydrogen-bond acceptors (Lipinski definition) is 3. The molecular formula is C16H14N4O. The number of fused-ring (bicyclic) bond motifs is 2. The molecule has 0 radical (unpaired) electrons. The number of nitrogens with two attached hydrogens (primary N) is 1. The van der Waals surface area contributed by atoms with E-state index in [-0.39, 0.29) is 11.8 Å². The highest BCUT2D eigenvalue weighted by molar-refractivity contribution is 6.03. The Kier molecular flexibility index (Phi) is 2.47. The molecule has 1 unspecified atom stereocenters. The summed E-state index contributed by atoms with van der Waals surface area (Å²) in [4.78, 5) is 12.2. The van der Waals surface area contributed by atoms with Gasteiger partial charge in [0.25, 0.3) is 5.91 Å². The van der Waals surface area contributed by atoms with Gasteiger partial charge in [-0.3, -0.25) is 9.89 Å². The molecule has 4 N–H and O–H groups in total. The summed E-state index contributed by atoms with van der Waals surface area (Å²) in [6, 6.07) is 5.97. The van der Waals surface area contributed by atoms with E-state index >= 15 is 0 Å². The van der Waals surface area contributed by atoms with Crippen molar-refractivity contribution in [3.05, 3.63) is 59.1 Å². The van der Waals surface area contributed by atoms with Crippen LogP contribution in [0.4, 0.5) is 0 Å². The van der Waals surface area contributed by atoms with Gasteiger partial charge in [-0.1, -0.05) is 18.2 Å². The molecule has 1 aromatic carbocycles. The Morgan fingerprint density at radius 3 is 3.19 bits per heavy atom. The maximum Gasteiger partial charge on any atom is 0.252 e. The lowest BCUT2D eigenvalue weighted by molar-refractivity contribution is -0.115. The van der Waals surface area contributed by atoms with E-state index in [9.17, 15) is 4.79 Å². The van der Waals surface area contributed by atoms with E-state index in [2.05, 4.69) is 15.5 Å². The smallest absolute Gasteiger partial charge is 0.252 e. The van der Waals surface area contributed by atoms with E-state index in [1.165, 1.54) is 0 Å². The molecule has 104 valence electrons. The summed E-state index contributed by atoms with van der Waals surface area (Å²) in [7, 11) is 0. The van der Waals surface area contributed by atoms with Crippen LogP contribution in [0.25, 0.3) is 17.0 Å². The topological polar surface area (TPSA) is 83.8 Å². The van der Waals surface area contributed by atoms with Crippen LogP contribution in [0.15, 0.2) is 53.5 Å². The van der Waals surface area contributed by atoms with Crippen molar-refractivity contribution >= 4 is 22.9 Å². The number of nitrogens with zero attached hydrogens (tertiary/aromatic N) is 1. The molecule has 0 spiro atoms. The summed E-state index contributed by atoms with van der Waals surface area (Å²) in [6.07, 6.45) is 8.37. The van der Waals surface area contributed by atoms with Gasteiger partial charge in [-0.25, -0.2) is 0 Å². The quantitative estimate of drug-likeness (QED) is 0.696. The van der Waals surface area contributed by atoms with Gasteiger partial charge in [0.15, 0.2) is 0 Å². The number of amides is 1. The Bertz CT molecular complexity index is 841. The number of rotatable bonds is 1. The van der Waals surface area contributed by atoms with Crippen molar-refractivity contribution < 1.29 is 4.79 Å². The second kappa shape index (κ2) is 4.34. The number of H-pyrrole nitrogens is 1. The number of aromatic amines is 1. The van der Waals surface area contributed by atoms with Crippen LogP contribution in [0.3, 0.4) is 0 Å². The van der Waals surface area contributed by atoms with Crippen LogP contribution in [-0.4, -0.2) is 16.1 Å². The van der Waals surface area contributed by atoms with E-state index < -0.39 is 0 Å². The number of aromatic nitrogens is 2. The Balaban J connectivity index is 1.78. The van der Waals surface area contributed by atoms with E-state index in [0.29, 0.717) is 5.70 Å². The Morgan fingerprint density at radius 2 is 2.29 bits per heavy atom. The second-order valence-corrected chi connectivity index (χ2v) is 5.33. The van der Waals surface area contributed by atoms with Crippen LogP contribution in [0.2, 0.25) is 0 Å². The Hall–Kier alpha value is -2.82. The fraction of sp³-hybridized carbons (Fsp3) is 0.125. The molecular weight excluding hydrogens is 264 g/mol. The Labute approximate surface area is 121 Å². The summed E-state index contributed by atoms with van der Waals surface area (Å²) < 4.78 is 0. The monoisotopic (exact) mass is 278 g/mol. The summed E-state index contributed by atoms with van der Waals surface area (Å²) in [6.45, 7) is 0. The summed E-state index contributed by atoms with van der Waals surface area (Å²) >= 11 is 0. The molecule has 2 aromatic rings. The predicted octanol–water partition coefficient (Wildman–Crippen LogP) is 1.82. The predicted molar refractivity (Wildman–Crippen MR) is 80.7 cm³/mol. The van der Waals surface area contributed by atoms with Gasteiger partial charge in [0.2, 0.25) is 0 Å². The van der Waals surface area contributed by atoms with Crippen molar-refractivity contribution in [3.63, 3.8) is 0 Å². The Morgan fingerprint density at radius 1 is 1.38 bits per heavy atom. The number of benzene rings is 1. The lowest BCUT2D eigenvalue weighted by Crippen LogP contribution is -2.18. The number of allylic oxidation sites excluding steroid dienone is 3. The van der Waals surface area contributed by atoms with Crippen molar-refractivity contribution in [1.29, 1.82) is 0 Å². The SMILES string of the molecule is NC1=C2NC(=O)/C(=C/c3ccc4cn[nH]c4c3)C2CC=C1. The van der Waals surface area contributed by atoms with Crippen molar-refractivity contribution in [2.75, 3.05) is 0 Å². The van der Waals surface area contributed by atoms with E-state index in [4.69, 9.17) is 5.73 Å². The van der Waals surface area contributed by atoms with Gasteiger partial charge in [-0.05, 0) is 30.2 Å². The molecule has 1 atom stereocenters. The molecule has 4 rings (SSSR count). The van der Waals surface area contributed by atoms with Gasteiger partial charge < -0.3 is 11.1 Å². The highest BCUT2D eigenvalue weighted by Gasteiger charge is 2.34. The van der Waals surface area contributed by atoms with Crippen LogP contribution in [0.5, 0.6) is 0 Å². The van der Waals surface area contributed by atoms with Gasteiger partial charge in [0.05, 0.1) is 17.4 Å². The lowest BCUT2D eigenvalue weighted by Gasteiger charge is -2.15. The average molecular weight is 278 g/mol. The van der Waals surface area contributed by atoms with Crippen LogP contribution in [0.1, 0.15) is 12.0 Å². The van der Waals surface area contributed by atoms with Crippen molar-refractivity contribution in [2.24, 2.45) is 11.7 Å². The molecule has 1 fully saturated rings. The molecule has 1 saturated heterocycles. The summed E-state index contributed by atoms with van der Waals surface area (Å²) in [5.74, 6) is -0.0219. The first-order valence-electron chi connectivity index (χ1n) is 6.84. The largest absolute Gasteiger partial charge is 0.397 e. The van der Waals surface area contributed by atoms with Gasteiger partial charge in [0, 0.05) is 22.6 Å². The number of carbonyl (C=O) groups is 1. The van der Waals surface area contributed by atoms with Crippen LogP contribution < -0.4 is 11.1 Å². The summed E-state index contributed by atoms with van der Waals surface area (Å²) in [5, 5.41) is 10.9. The maximum atomic E-state index is 12.2. The van der Waals surface area contributed by atoms with E-state index in [1.54, 1.807) is 6.20 Å². The van der Waals surface area contributed by atoms with Gasteiger partial charge >= 0.3 is 0 Å². The van der Waals surface area contributed by atoms with Crippen molar-refractivity contribution in [1.82, 2.24) is 15.5 Å². The van der Waals surface area contributed by atoms with E-state index in [0.717, 1.165) is 34.2 Å². The highest BCUT2D eigenvalue weighted by Crippen LogP contribution is 2.34. The molecule has 5 nitrogen and oxygen atoms in total. The zero-order valence-electron chi connectivity index (χ0n) is 11.3. The number of carbonyl (C=O) groups excluding carboxylic acids is 1. The molecule has 1 aromatic heterocycles. The normalized spacial score (nSPS) is 23.0. The van der Waals surface area contributed by atoms with Gasteiger partial charge in [-0.2, -0.15) is 5.10 Å². The fourth-order valence-electron chi connectivity index (χ4n) is 2.92. The molecule has 1 aliphatic carbocycles. The van der Waals surface area contributed by atoms with Crippen molar-refractivity contribution in [3.8, 4) is 0 Å². The lowest BCUT2D eigenvalue weighted by atomic mass is 9.90. The molecule has 21 heavy (non-hydrogen) atoms. The molecule has 1 aliphatic heterocycles. The average Bonchev–Trinajstić information content (AvgIpc) is 3.05. The third-order valence-electron chi connectivity index (χ3n) is 4.00. The van der Waals surface area contributed by atoms with Gasteiger partial charge in [-0.15, -0.1) is 0 Å². The molecule has 1 amide bonds. The number of hydrogen-bond donors (Lipinski definition) is 3. The molecule has 2 aliphatic rings. The standard InChI is InChI=1S/C16H14N4O/c17-13-3-1-2-11-12(16(21)19-15(11)13)6-9-4-5-10-8-18-20-14(10)7-9/h1,3-8,11H,2,17H2,(H,18,20)(H,19,21)/b12-6+. The maximum absolute atomic E-state index is 12.2. The minimum absolute atomic E-state index is 0.0416. The van der Waals surface area contributed by atoms with Crippen LogP contribution >= 0.6 is 0 Å². The number of nitrogens with one attached hydrogen (secondary N) is 2. The highest BCUT2D eigenvalue weighted by atomic mass is 16.2. The molecule has 2 heterocycles. The van der Waals surface area contributed by atoms with Crippen LogP contribution in [-0.2, 0) is 4.79 Å². The molecule has 0 saturated carbocycles.